The Kier molecular flexibility index (Phi) is 6.28. The molecule has 4 rings (SSSR count). The number of Topliss-reactive ketones (excluding diaryl/α,β-unsaturated/α-hetero) is 1. The molecule has 1 atom stereocenters. The maximum absolute atomic E-state index is 13.5. The Balaban J connectivity index is 1.52. The van der Waals surface area contributed by atoms with Gasteiger partial charge in [0.1, 0.15) is 11.5 Å². The van der Waals surface area contributed by atoms with Gasteiger partial charge in [0.2, 0.25) is 0 Å². The monoisotopic (exact) mass is 419 g/mol. The Morgan fingerprint density at radius 1 is 1.03 bits per heavy atom. The second-order valence-electron chi connectivity index (χ2n) is 8.00. The van der Waals surface area contributed by atoms with Crippen molar-refractivity contribution >= 4 is 11.7 Å². The number of aromatic amines is 1. The average molecular weight is 420 g/mol. The molecule has 0 aliphatic carbocycles. The van der Waals surface area contributed by atoms with Gasteiger partial charge < -0.3 is 9.88 Å². The molecule has 1 aliphatic rings. The largest absolute Gasteiger partial charge is 0.356 e. The van der Waals surface area contributed by atoms with E-state index in [2.05, 4.69) is 4.98 Å². The summed E-state index contributed by atoms with van der Waals surface area (Å²) in [4.78, 5) is 32.3. The first-order chi connectivity index (χ1) is 15.0. The highest BCUT2D eigenvalue weighted by Gasteiger charge is 2.24. The van der Waals surface area contributed by atoms with Crippen molar-refractivity contribution in [2.24, 2.45) is 0 Å². The standard InChI is InChI=1S/C25H26FN3O2/c1-28(24(18-7-3-2-4-8-18)19-9-11-21(26)12-10-19)17-23(30)20-15-22(27-16-20)25(31)29-13-5-6-14-29/h2-4,7-12,15-16,24,27H,5-6,13-14,17H2,1H3. The minimum atomic E-state index is -0.295. The van der Waals surface area contributed by atoms with E-state index in [0.29, 0.717) is 11.3 Å². The summed E-state index contributed by atoms with van der Waals surface area (Å²) in [6.07, 6.45) is 3.65. The summed E-state index contributed by atoms with van der Waals surface area (Å²) in [5, 5.41) is 0. The minimum absolute atomic E-state index is 0.0571. The van der Waals surface area contributed by atoms with E-state index >= 15 is 0 Å². The molecule has 2 heterocycles. The van der Waals surface area contributed by atoms with E-state index < -0.39 is 0 Å². The van der Waals surface area contributed by atoms with E-state index in [1.165, 1.54) is 12.1 Å². The van der Waals surface area contributed by atoms with Crippen LogP contribution >= 0.6 is 0 Å². The van der Waals surface area contributed by atoms with Crippen molar-refractivity contribution in [2.75, 3.05) is 26.7 Å². The lowest BCUT2D eigenvalue weighted by atomic mass is 9.97. The van der Waals surface area contributed by atoms with Gasteiger partial charge in [0.25, 0.3) is 5.91 Å². The van der Waals surface area contributed by atoms with Gasteiger partial charge in [0.05, 0.1) is 12.6 Å². The number of rotatable bonds is 7. The van der Waals surface area contributed by atoms with E-state index in [-0.39, 0.29) is 30.1 Å². The zero-order valence-electron chi connectivity index (χ0n) is 17.6. The maximum atomic E-state index is 13.5. The second kappa shape index (κ2) is 9.27. The number of benzene rings is 2. The van der Waals surface area contributed by atoms with Crippen molar-refractivity contribution in [3.63, 3.8) is 0 Å². The third-order valence-corrected chi connectivity index (χ3v) is 5.76. The fourth-order valence-electron chi connectivity index (χ4n) is 4.16. The molecular weight excluding hydrogens is 393 g/mol. The van der Waals surface area contributed by atoms with Crippen LogP contribution in [0.2, 0.25) is 0 Å². The van der Waals surface area contributed by atoms with Crippen LogP contribution < -0.4 is 0 Å². The van der Waals surface area contributed by atoms with Crippen LogP contribution in [0, 0.1) is 5.82 Å². The highest BCUT2D eigenvalue weighted by molar-refractivity contribution is 6.01. The number of carbonyl (C=O) groups excluding carboxylic acids is 2. The fourth-order valence-corrected chi connectivity index (χ4v) is 4.16. The third kappa shape index (κ3) is 4.75. The van der Waals surface area contributed by atoms with Crippen LogP contribution in [0.4, 0.5) is 4.39 Å². The molecule has 0 bridgehead atoms. The number of aromatic nitrogens is 1. The number of halogens is 1. The Bertz CT molecular complexity index is 1040. The number of hydrogen-bond donors (Lipinski definition) is 1. The van der Waals surface area contributed by atoms with E-state index in [4.69, 9.17) is 0 Å². The van der Waals surface area contributed by atoms with Crippen molar-refractivity contribution < 1.29 is 14.0 Å². The number of hydrogen-bond acceptors (Lipinski definition) is 3. The van der Waals surface area contributed by atoms with Gasteiger partial charge in [-0.15, -0.1) is 0 Å². The molecule has 1 unspecified atom stereocenters. The molecule has 2 aromatic carbocycles. The number of carbonyl (C=O) groups is 2. The van der Waals surface area contributed by atoms with E-state index in [9.17, 15) is 14.0 Å². The topological polar surface area (TPSA) is 56.4 Å². The smallest absolute Gasteiger partial charge is 0.270 e. The zero-order chi connectivity index (χ0) is 21.8. The molecule has 31 heavy (non-hydrogen) atoms. The number of likely N-dealkylation sites (N-methyl/N-ethyl adjacent to an activating group) is 1. The summed E-state index contributed by atoms with van der Waals surface area (Å²) in [5.41, 5.74) is 2.86. The maximum Gasteiger partial charge on any atom is 0.270 e. The Labute approximate surface area is 181 Å². The molecule has 160 valence electrons. The number of nitrogens with zero attached hydrogens (tertiary/aromatic N) is 2. The minimum Gasteiger partial charge on any atom is -0.356 e. The molecule has 6 heteroatoms. The lowest BCUT2D eigenvalue weighted by molar-refractivity contribution is 0.0787. The molecule has 5 nitrogen and oxygen atoms in total. The second-order valence-corrected chi connectivity index (χ2v) is 8.00. The first kappa shape index (κ1) is 21.0. The van der Waals surface area contributed by atoms with E-state index in [0.717, 1.165) is 37.1 Å². The molecule has 0 spiro atoms. The number of nitrogens with one attached hydrogen (secondary N) is 1. The zero-order valence-corrected chi connectivity index (χ0v) is 17.6. The van der Waals surface area contributed by atoms with Crippen molar-refractivity contribution in [3.8, 4) is 0 Å². The highest BCUT2D eigenvalue weighted by atomic mass is 19.1. The van der Waals surface area contributed by atoms with Crippen molar-refractivity contribution in [1.82, 2.24) is 14.8 Å². The van der Waals surface area contributed by atoms with Gasteiger partial charge in [-0.3, -0.25) is 14.5 Å². The summed E-state index contributed by atoms with van der Waals surface area (Å²) in [6, 6.07) is 17.6. The van der Waals surface area contributed by atoms with Crippen molar-refractivity contribution in [3.05, 3.63) is 95.1 Å². The number of ketones is 1. The SMILES string of the molecule is CN(CC(=O)c1c[nH]c(C(=O)N2CCCC2)c1)C(c1ccccc1)c1ccc(F)cc1. The fraction of sp³-hybridized carbons (Fsp3) is 0.280. The lowest BCUT2D eigenvalue weighted by Gasteiger charge is -2.28. The number of amides is 1. The first-order valence-corrected chi connectivity index (χ1v) is 10.5. The van der Waals surface area contributed by atoms with Crippen LogP contribution in [-0.4, -0.2) is 53.2 Å². The van der Waals surface area contributed by atoms with Crippen LogP contribution in [0.25, 0.3) is 0 Å². The van der Waals surface area contributed by atoms with Crippen LogP contribution in [0.3, 0.4) is 0 Å². The summed E-state index contributed by atoms with van der Waals surface area (Å²) in [5.74, 6) is -0.433. The Morgan fingerprint density at radius 3 is 2.35 bits per heavy atom. The molecule has 0 radical (unpaired) electrons. The lowest BCUT2D eigenvalue weighted by Crippen LogP contribution is -2.31. The summed E-state index contributed by atoms with van der Waals surface area (Å²) < 4.78 is 13.5. The van der Waals surface area contributed by atoms with Gasteiger partial charge in [-0.25, -0.2) is 4.39 Å². The predicted molar refractivity (Wildman–Crippen MR) is 118 cm³/mol. The van der Waals surface area contributed by atoms with Crippen LogP contribution in [0.15, 0.2) is 66.9 Å². The third-order valence-electron chi connectivity index (χ3n) is 5.76. The molecule has 1 fully saturated rings. The van der Waals surface area contributed by atoms with Crippen LogP contribution in [0.5, 0.6) is 0 Å². The van der Waals surface area contributed by atoms with Gasteiger partial charge >= 0.3 is 0 Å². The normalized spacial score (nSPS) is 14.7. The summed E-state index contributed by atoms with van der Waals surface area (Å²) in [6.45, 7) is 1.69. The molecule has 3 aromatic rings. The van der Waals surface area contributed by atoms with Gasteiger partial charge in [0, 0.05) is 24.8 Å². The van der Waals surface area contributed by atoms with E-state index in [1.54, 1.807) is 24.4 Å². The van der Waals surface area contributed by atoms with E-state index in [1.807, 2.05) is 47.2 Å². The van der Waals surface area contributed by atoms with Crippen molar-refractivity contribution in [2.45, 2.75) is 18.9 Å². The van der Waals surface area contributed by atoms with Gasteiger partial charge in [0.15, 0.2) is 5.78 Å². The predicted octanol–water partition coefficient (Wildman–Crippen LogP) is 4.29. The van der Waals surface area contributed by atoms with Gasteiger partial charge in [-0.2, -0.15) is 0 Å². The first-order valence-electron chi connectivity index (χ1n) is 10.5. The number of likely N-dealkylation sites (tertiary alicyclic amines) is 1. The van der Waals surface area contributed by atoms with Gasteiger partial charge in [-0.1, -0.05) is 42.5 Å². The Morgan fingerprint density at radius 2 is 1.68 bits per heavy atom. The number of H-pyrrole nitrogens is 1. The summed E-state index contributed by atoms with van der Waals surface area (Å²) in [7, 11) is 1.88. The highest BCUT2D eigenvalue weighted by Crippen LogP contribution is 2.28. The molecule has 1 aliphatic heterocycles. The van der Waals surface area contributed by atoms with Crippen LogP contribution in [-0.2, 0) is 0 Å². The van der Waals surface area contributed by atoms with Crippen LogP contribution in [0.1, 0.15) is 50.9 Å². The molecule has 1 aromatic heterocycles. The molecule has 0 saturated carbocycles. The summed E-state index contributed by atoms with van der Waals surface area (Å²) >= 11 is 0. The molecule has 1 amide bonds. The molecular formula is C25H26FN3O2. The Hall–Kier alpha value is -3.25. The van der Waals surface area contributed by atoms with Crippen molar-refractivity contribution in [1.29, 1.82) is 0 Å². The average Bonchev–Trinajstić information content (AvgIpc) is 3.48. The van der Waals surface area contributed by atoms with Gasteiger partial charge in [-0.05, 0) is 49.2 Å². The molecule has 1 N–H and O–H groups in total. The molecule has 1 saturated heterocycles. The quantitative estimate of drug-likeness (QED) is 0.581.